The van der Waals surface area contributed by atoms with Crippen LogP contribution in [0.5, 0.6) is 0 Å². The molecule has 3 unspecified atom stereocenters. The molecule has 0 amide bonds. The van der Waals surface area contributed by atoms with E-state index in [1.165, 1.54) is 249 Å². The molecule has 1 saturated carbocycles. The van der Waals surface area contributed by atoms with Crippen LogP contribution in [0.4, 0.5) is 0 Å². The summed E-state index contributed by atoms with van der Waals surface area (Å²) in [4.78, 5) is 0. The van der Waals surface area contributed by atoms with Crippen LogP contribution < -0.4 is 0 Å². The summed E-state index contributed by atoms with van der Waals surface area (Å²) in [6.07, 6.45) is 91.4. The molecule has 1 heteroatoms. The highest BCUT2D eigenvalue weighted by molar-refractivity contribution is 5.17. The lowest BCUT2D eigenvalue weighted by Gasteiger charge is -2.41. The van der Waals surface area contributed by atoms with Crippen LogP contribution >= 0.6 is 0 Å². The molecule has 1 N–H and O–H groups in total. The van der Waals surface area contributed by atoms with Gasteiger partial charge < -0.3 is 5.11 Å². The lowest BCUT2D eigenvalue weighted by molar-refractivity contribution is 0.0472. The third-order valence-corrected chi connectivity index (χ3v) is 26.6. The summed E-state index contributed by atoms with van der Waals surface area (Å²) in [5.74, 6) is 4.99. The number of aliphatic hydroxyl groups is 1. The third kappa shape index (κ3) is 94.7. The van der Waals surface area contributed by atoms with Gasteiger partial charge in [0.1, 0.15) is 0 Å². The zero-order chi connectivity index (χ0) is 105. The highest BCUT2D eigenvalue weighted by Gasteiger charge is 2.35. The highest BCUT2D eigenvalue weighted by atomic mass is 16.3. The first-order valence-corrected chi connectivity index (χ1v) is 55.5. The summed E-state index contributed by atoms with van der Waals surface area (Å²) in [6.45, 7) is 112. The molecule has 0 aliphatic heterocycles. The number of unbranched alkanes of at least 4 members (excludes halogenated alkanes) is 1. The van der Waals surface area contributed by atoms with Crippen LogP contribution in [0, 0.1) is 68.5 Å². The van der Waals surface area contributed by atoms with E-state index in [-0.39, 0.29) is 22.3 Å². The third-order valence-electron chi connectivity index (χ3n) is 26.6. The van der Waals surface area contributed by atoms with Gasteiger partial charge in [-0.05, 0) is 445 Å². The normalized spacial score (nSPS) is 15.2. The van der Waals surface area contributed by atoms with Gasteiger partial charge in [0.25, 0.3) is 0 Å². The molecule has 1 rings (SSSR count). The second-order valence-electron chi connectivity index (χ2n) is 49.3. The van der Waals surface area contributed by atoms with Crippen LogP contribution in [0.25, 0.3) is 0 Å². The molecule has 0 radical (unpaired) electrons. The van der Waals surface area contributed by atoms with E-state index in [4.69, 9.17) is 0 Å². The Balaban J connectivity index is -0.000000513. The van der Waals surface area contributed by atoms with E-state index >= 15 is 0 Å². The number of allylic oxidation sites excluding steroid dienone is 36. The van der Waals surface area contributed by atoms with Crippen molar-refractivity contribution in [2.24, 2.45) is 68.5 Å². The predicted molar refractivity (Wildman–Crippen MR) is 632 cm³/mol. The molecule has 1 nitrogen and oxygen atoms in total. The lowest BCUT2D eigenvalue weighted by Crippen LogP contribution is -2.31. The molecule has 0 aromatic carbocycles. The van der Waals surface area contributed by atoms with Crippen LogP contribution in [0.1, 0.15) is 534 Å². The number of aliphatic hydroxyl groups excluding tert-OH is 1. The number of hydrogen-bond donors (Lipinski definition) is 1. The Morgan fingerprint density at radius 3 is 0.934 bits per heavy atom. The smallest absolute Gasteiger partial charge is 0.0630 e. The molecule has 0 aromatic heterocycles. The molecular formula is C135H238O. The fourth-order valence-corrected chi connectivity index (χ4v) is 15.9. The van der Waals surface area contributed by atoms with Crippen molar-refractivity contribution >= 4 is 0 Å². The van der Waals surface area contributed by atoms with Crippen molar-refractivity contribution in [2.45, 2.75) is 540 Å². The van der Waals surface area contributed by atoms with Crippen molar-refractivity contribution in [1.29, 1.82) is 0 Å². The minimum absolute atomic E-state index is 0.180. The van der Waals surface area contributed by atoms with Crippen LogP contribution in [0.3, 0.4) is 0 Å². The topological polar surface area (TPSA) is 20.2 Å². The fourth-order valence-electron chi connectivity index (χ4n) is 15.9. The van der Waals surface area contributed by atoms with Crippen molar-refractivity contribution in [3.63, 3.8) is 0 Å². The molecule has 0 saturated heterocycles. The van der Waals surface area contributed by atoms with Gasteiger partial charge in [-0.15, -0.1) is 6.58 Å². The van der Waals surface area contributed by atoms with E-state index < -0.39 is 0 Å². The largest absolute Gasteiger partial charge is 0.392 e. The second-order valence-corrected chi connectivity index (χ2v) is 49.3. The quantitative estimate of drug-likeness (QED) is 0.0475. The van der Waals surface area contributed by atoms with E-state index in [0.717, 1.165) is 132 Å². The van der Waals surface area contributed by atoms with Gasteiger partial charge in [-0.3, -0.25) is 0 Å². The SMILES string of the molecule is C=C(C/C=C(\C)CCC=C(C)C)CCC(C)(C)/C=C/CC/C(C)=C\CC(C)C.C=C(C/C=C(\C)CCC=C(C)C)CCC(C)(C)CCCC/C(C)=C\CC(C)C.C=C(CCC(C)(C)/C=C/CC/C(C)=C\CC(C)C)CC1C(=C)CCCC1(C)C.C=CC(C)(CC/C=C(\C)CCC=C(C)C)C(O)CC(C)C.CC(C)=CCC/C(C)=C/CC(C)C.CC(C)=CCC/C(C)=C/CC/C(C)=C/CC(C)C. The number of rotatable bonds is 63. The molecule has 0 spiro atoms. The second kappa shape index (κ2) is 82.0. The predicted octanol–water partition coefficient (Wildman–Crippen LogP) is 46.4. The summed E-state index contributed by atoms with van der Waals surface area (Å²) in [7, 11) is 0. The summed E-state index contributed by atoms with van der Waals surface area (Å²) >= 11 is 0. The Morgan fingerprint density at radius 1 is 0.338 bits per heavy atom. The number of hydrogen-bond acceptors (Lipinski definition) is 1. The van der Waals surface area contributed by atoms with Gasteiger partial charge in [-0.2, -0.15) is 0 Å². The van der Waals surface area contributed by atoms with Gasteiger partial charge in [0, 0.05) is 5.41 Å². The minimum Gasteiger partial charge on any atom is -0.392 e. The molecule has 0 aromatic rings. The first-order valence-electron chi connectivity index (χ1n) is 55.5. The van der Waals surface area contributed by atoms with E-state index in [9.17, 15) is 5.11 Å². The monoisotopic (exact) mass is 1880 g/mol. The Labute approximate surface area is 856 Å². The van der Waals surface area contributed by atoms with Crippen LogP contribution in [0.2, 0.25) is 0 Å². The minimum atomic E-state index is -0.297. The fraction of sp³-hybridized carbons (Fsp3) is 0.689. The van der Waals surface area contributed by atoms with Crippen molar-refractivity contribution in [3.8, 4) is 0 Å². The first-order chi connectivity index (χ1) is 63.1. The van der Waals surface area contributed by atoms with Crippen molar-refractivity contribution in [3.05, 3.63) is 249 Å². The van der Waals surface area contributed by atoms with Gasteiger partial charge in [-0.25, -0.2) is 0 Å². The van der Waals surface area contributed by atoms with Crippen molar-refractivity contribution in [2.75, 3.05) is 0 Å². The Bertz CT molecular complexity index is 3700. The zero-order valence-electron chi connectivity index (χ0n) is 99.4. The highest BCUT2D eigenvalue weighted by Crippen LogP contribution is 2.47. The van der Waals surface area contributed by atoms with Gasteiger partial charge >= 0.3 is 0 Å². The molecule has 136 heavy (non-hydrogen) atoms. The standard InChI is InChI=1S/C28H48.C28H50.C28H48.C20H36O.C18H32.C13H24/c1-22(2)15-16-23(3)13-10-11-18-27(6,7)20-17-24(4)21-26-25(5)14-12-19-28(26,8)9;2*1-23(2)13-12-15-26(6)18-19-27(7)20-22-28(8,9)21-11-10-14-25(5)17-16-24(3)4;1-8-20(7,19(21)15-17(4)5)14-10-13-18(6)12-9-11-16(2)3;1-15(2)9-7-10-17(5)11-8-12-18(6)14-13-16(3)4;1-11(2)7-6-8-13(5)10-9-12(3)4/h11,16,18,22,26H,4-5,10,12-15,17,19-21H2,1-3,6-9H3;13,17-18,24H,7,10-12,14-16,19-22H2,1-6,8-9H3;11,13,17-18,21,24H,7,10,12,14-16,19-20,22H2,1-6,8-9H3;8,11,13,17,19,21H,1,9-10,12,14-15H2,2-7H3;9,11,14,16H,7-8,10,12-13H2,1-6H3;7,10,12H,6,8-9H2,1-5H3/b18-11+,23-16-;25-17-,26-18+;21-11+,25-17-,26-18+;18-13+;17-11+,18-14+;13-10+. The van der Waals surface area contributed by atoms with Crippen LogP contribution in [-0.2, 0) is 0 Å². The van der Waals surface area contributed by atoms with Gasteiger partial charge in [0.15, 0.2) is 0 Å². The molecule has 0 heterocycles. The maximum Gasteiger partial charge on any atom is 0.0630 e. The van der Waals surface area contributed by atoms with Gasteiger partial charge in [0.2, 0.25) is 0 Å². The lowest BCUT2D eigenvalue weighted by atomic mass is 9.64. The Hall–Kier alpha value is -5.50. The van der Waals surface area contributed by atoms with E-state index in [1.54, 1.807) is 5.57 Å². The zero-order valence-corrected chi connectivity index (χ0v) is 99.4. The molecular weight excluding hydrogens is 1640 g/mol. The average molecular weight is 1880 g/mol. The maximum atomic E-state index is 10.4. The molecule has 784 valence electrons. The summed E-state index contributed by atoms with van der Waals surface area (Å²) < 4.78 is 0. The summed E-state index contributed by atoms with van der Waals surface area (Å²) in [5, 5.41) is 10.4. The maximum absolute atomic E-state index is 10.4. The van der Waals surface area contributed by atoms with E-state index in [0.29, 0.717) is 22.7 Å². The molecule has 1 fully saturated rings. The van der Waals surface area contributed by atoms with Gasteiger partial charge in [-0.1, -0.05) is 394 Å². The van der Waals surface area contributed by atoms with E-state index in [2.05, 4.69) is 419 Å². The van der Waals surface area contributed by atoms with Crippen molar-refractivity contribution < 1.29 is 5.11 Å². The average Bonchev–Trinajstić information content (AvgIpc) is 0.813. The van der Waals surface area contributed by atoms with Gasteiger partial charge in [0.05, 0.1) is 6.10 Å². The molecule has 1 aliphatic rings. The van der Waals surface area contributed by atoms with E-state index in [1.807, 2.05) is 6.08 Å². The summed E-state index contributed by atoms with van der Waals surface area (Å²) in [5.41, 5.74) is 27.5. The molecule has 1 aliphatic carbocycles. The molecule has 3 atom stereocenters. The molecule has 0 bridgehead atoms. The van der Waals surface area contributed by atoms with Crippen molar-refractivity contribution in [1.82, 2.24) is 0 Å². The summed E-state index contributed by atoms with van der Waals surface area (Å²) in [6, 6.07) is 0. The van der Waals surface area contributed by atoms with Crippen LogP contribution in [-0.4, -0.2) is 11.2 Å². The van der Waals surface area contributed by atoms with Crippen LogP contribution in [0.15, 0.2) is 249 Å². The first kappa shape index (κ1) is 139. The Kier molecular flexibility index (Phi) is 83.8. The Morgan fingerprint density at radius 2 is 0.625 bits per heavy atom.